The highest BCUT2D eigenvalue weighted by atomic mass is 32.2. The molecule has 1 fully saturated rings. The van der Waals surface area contributed by atoms with Gasteiger partial charge in [0.05, 0.1) is 15.7 Å². The van der Waals surface area contributed by atoms with Gasteiger partial charge >= 0.3 is 0 Å². The van der Waals surface area contributed by atoms with Gasteiger partial charge in [-0.05, 0) is 13.0 Å². The molecule has 0 radical (unpaired) electrons. The molecule has 1 amide bonds. The number of carbonyl (C=O) groups excluding carboxylic acids is 1. The molecule has 0 spiro atoms. The van der Waals surface area contributed by atoms with Crippen LogP contribution in [0.15, 0.2) is 29.2 Å². The molecule has 1 aromatic rings. The number of sulfonamides is 1. The summed E-state index contributed by atoms with van der Waals surface area (Å²) in [7, 11) is -3.84. The van der Waals surface area contributed by atoms with Gasteiger partial charge in [0.15, 0.2) is 0 Å². The molecular weight excluding hydrogens is 348 g/mol. The maximum Gasteiger partial charge on any atom is 0.270 e. The molecule has 1 aromatic carbocycles. The van der Waals surface area contributed by atoms with Crippen LogP contribution >= 0.6 is 0 Å². The summed E-state index contributed by atoms with van der Waals surface area (Å²) in [5.41, 5.74) is 5.47. The predicted molar refractivity (Wildman–Crippen MR) is 91.2 cm³/mol. The number of nitrogens with zero attached hydrogens (tertiary/aromatic N) is 3. The molecule has 1 aliphatic rings. The molecule has 2 unspecified atom stereocenters. The first kappa shape index (κ1) is 19.3. The number of hydrogen-bond acceptors (Lipinski definition) is 6. The van der Waals surface area contributed by atoms with Crippen molar-refractivity contribution >= 4 is 21.6 Å². The van der Waals surface area contributed by atoms with Crippen LogP contribution in [-0.4, -0.2) is 60.7 Å². The summed E-state index contributed by atoms with van der Waals surface area (Å²) >= 11 is 0. The summed E-state index contributed by atoms with van der Waals surface area (Å²) in [6.45, 7) is 4.32. The molecule has 25 heavy (non-hydrogen) atoms. The Morgan fingerprint density at radius 1 is 1.24 bits per heavy atom. The van der Waals surface area contributed by atoms with Crippen LogP contribution in [0.2, 0.25) is 0 Å². The number of benzene rings is 1. The molecule has 0 bridgehead atoms. The van der Waals surface area contributed by atoms with Crippen LogP contribution in [0.4, 0.5) is 5.69 Å². The summed E-state index contributed by atoms with van der Waals surface area (Å²) in [6.07, 6.45) is 0. The lowest BCUT2D eigenvalue weighted by atomic mass is 10.0. The number of nitrogens with two attached hydrogens (primary N) is 1. The van der Waals surface area contributed by atoms with Crippen LogP contribution in [0.3, 0.4) is 0 Å². The van der Waals surface area contributed by atoms with Crippen molar-refractivity contribution in [2.45, 2.75) is 24.8 Å². The average molecular weight is 370 g/mol. The van der Waals surface area contributed by atoms with Gasteiger partial charge in [0.1, 0.15) is 0 Å². The smallest absolute Gasteiger partial charge is 0.270 e. The second-order valence-electron chi connectivity index (χ2n) is 6.13. The van der Waals surface area contributed by atoms with Gasteiger partial charge in [-0.25, -0.2) is 8.42 Å². The number of carbonyl (C=O) groups is 1. The summed E-state index contributed by atoms with van der Waals surface area (Å²) in [4.78, 5) is 24.0. The first-order valence-corrected chi connectivity index (χ1v) is 9.37. The van der Waals surface area contributed by atoms with Gasteiger partial charge in [0.2, 0.25) is 15.9 Å². The molecular formula is C15H22N4O5S. The Kier molecular flexibility index (Phi) is 5.76. The molecule has 2 rings (SSSR count). The van der Waals surface area contributed by atoms with Crippen molar-refractivity contribution in [1.82, 2.24) is 9.21 Å². The molecule has 2 N–H and O–H groups in total. The first-order valence-electron chi connectivity index (χ1n) is 7.93. The average Bonchev–Trinajstić information content (AvgIpc) is 2.60. The van der Waals surface area contributed by atoms with E-state index in [-0.39, 0.29) is 54.6 Å². The molecule has 9 nitrogen and oxygen atoms in total. The van der Waals surface area contributed by atoms with Crippen LogP contribution in [0.5, 0.6) is 0 Å². The Balaban J connectivity index is 2.10. The van der Waals surface area contributed by atoms with Crippen molar-refractivity contribution in [1.29, 1.82) is 0 Å². The molecule has 2 atom stereocenters. The highest BCUT2D eigenvalue weighted by Crippen LogP contribution is 2.22. The van der Waals surface area contributed by atoms with E-state index in [2.05, 4.69) is 0 Å². The highest BCUT2D eigenvalue weighted by molar-refractivity contribution is 7.89. The number of hydrogen-bond donors (Lipinski definition) is 1. The monoisotopic (exact) mass is 370 g/mol. The van der Waals surface area contributed by atoms with Crippen LogP contribution in [0.25, 0.3) is 0 Å². The Labute approximate surface area is 146 Å². The number of non-ortho nitro benzene ring substituents is 1. The quantitative estimate of drug-likeness (QED) is 0.591. The molecule has 138 valence electrons. The van der Waals surface area contributed by atoms with E-state index < -0.39 is 14.9 Å². The summed E-state index contributed by atoms with van der Waals surface area (Å²) in [5.74, 6) is -0.428. The first-order chi connectivity index (χ1) is 11.6. The molecule has 1 saturated heterocycles. The Hall–Kier alpha value is -2.04. The van der Waals surface area contributed by atoms with Crippen molar-refractivity contribution < 1.29 is 18.1 Å². The second kappa shape index (κ2) is 7.46. The van der Waals surface area contributed by atoms with E-state index in [1.165, 1.54) is 22.5 Å². The Morgan fingerprint density at radius 2 is 1.84 bits per heavy atom. The SMILES string of the molecule is CC(N)C(C)C(=O)N1CCN(S(=O)(=O)c2cccc([N+](=O)[O-])c2)CC1. The van der Waals surface area contributed by atoms with Crippen LogP contribution in [0, 0.1) is 16.0 Å². The lowest BCUT2D eigenvalue weighted by Gasteiger charge is -2.35. The molecule has 1 heterocycles. The van der Waals surface area contributed by atoms with E-state index in [4.69, 9.17) is 5.73 Å². The number of nitro benzene ring substituents is 1. The normalized spacial score (nSPS) is 18.6. The minimum Gasteiger partial charge on any atom is -0.340 e. The lowest BCUT2D eigenvalue weighted by Crippen LogP contribution is -2.53. The van der Waals surface area contributed by atoms with Crippen molar-refractivity contribution in [2.24, 2.45) is 11.7 Å². The number of nitro groups is 1. The predicted octanol–water partition coefficient (Wildman–Crippen LogP) is 0.411. The molecule has 0 saturated carbocycles. The zero-order valence-corrected chi connectivity index (χ0v) is 15.0. The van der Waals surface area contributed by atoms with Crippen LogP contribution in [0.1, 0.15) is 13.8 Å². The Morgan fingerprint density at radius 3 is 2.36 bits per heavy atom. The highest BCUT2D eigenvalue weighted by Gasteiger charge is 2.32. The van der Waals surface area contributed by atoms with Crippen molar-refractivity contribution in [3.63, 3.8) is 0 Å². The van der Waals surface area contributed by atoms with Gasteiger partial charge in [-0.2, -0.15) is 4.31 Å². The summed E-state index contributed by atoms with van der Waals surface area (Å²) in [6, 6.07) is 4.68. The summed E-state index contributed by atoms with van der Waals surface area (Å²) < 4.78 is 26.6. The third-order valence-corrected chi connectivity index (χ3v) is 6.29. The topological polar surface area (TPSA) is 127 Å². The van der Waals surface area contributed by atoms with Crippen LogP contribution in [-0.2, 0) is 14.8 Å². The summed E-state index contributed by atoms with van der Waals surface area (Å²) in [5, 5.41) is 10.8. The van der Waals surface area contributed by atoms with E-state index in [1.54, 1.807) is 18.7 Å². The van der Waals surface area contributed by atoms with E-state index in [0.29, 0.717) is 0 Å². The molecule has 0 aromatic heterocycles. The molecule has 10 heteroatoms. The van der Waals surface area contributed by atoms with Crippen LogP contribution < -0.4 is 5.73 Å². The zero-order chi connectivity index (χ0) is 18.8. The maximum atomic E-state index is 12.7. The van der Waals surface area contributed by atoms with Gasteiger partial charge in [0, 0.05) is 44.4 Å². The molecule has 0 aliphatic carbocycles. The number of rotatable bonds is 5. The molecule has 1 aliphatic heterocycles. The van der Waals surface area contributed by atoms with E-state index in [0.717, 1.165) is 6.07 Å². The largest absolute Gasteiger partial charge is 0.340 e. The minimum absolute atomic E-state index is 0.0950. The van der Waals surface area contributed by atoms with Crippen molar-refractivity contribution in [2.75, 3.05) is 26.2 Å². The van der Waals surface area contributed by atoms with Gasteiger partial charge in [-0.15, -0.1) is 0 Å². The third-order valence-electron chi connectivity index (χ3n) is 4.39. The number of piperazine rings is 1. The van der Waals surface area contributed by atoms with E-state index in [9.17, 15) is 23.3 Å². The fourth-order valence-electron chi connectivity index (χ4n) is 2.57. The fourth-order valence-corrected chi connectivity index (χ4v) is 4.03. The Bertz CT molecular complexity index is 757. The fraction of sp³-hybridized carbons (Fsp3) is 0.533. The van der Waals surface area contributed by atoms with Gasteiger partial charge < -0.3 is 10.6 Å². The third kappa shape index (κ3) is 4.14. The second-order valence-corrected chi connectivity index (χ2v) is 8.07. The zero-order valence-electron chi connectivity index (χ0n) is 14.2. The minimum atomic E-state index is -3.84. The van der Waals surface area contributed by atoms with Crippen molar-refractivity contribution in [3.05, 3.63) is 34.4 Å². The van der Waals surface area contributed by atoms with Crippen molar-refractivity contribution in [3.8, 4) is 0 Å². The van der Waals surface area contributed by atoms with E-state index >= 15 is 0 Å². The standard InChI is InChI=1S/C15H22N4O5S/c1-11(12(2)16)15(20)17-6-8-18(9-7-17)25(23,24)14-5-3-4-13(10-14)19(21)22/h3-5,10-12H,6-9,16H2,1-2H3. The van der Waals surface area contributed by atoms with Gasteiger partial charge in [-0.1, -0.05) is 13.0 Å². The maximum absolute atomic E-state index is 12.7. The van der Waals surface area contributed by atoms with E-state index in [1.807, 2.05) is 0 Å². The lowest BCUT2D eigenvalue weighted by molar-refractivity contribution is -0.385. The number of amides is 1. The van der Waals surface area contributed by atoms with Gasteiger partial charge in [-0.3, -0.25) is 14.9 Å². The van der Waals surface area contributed by atoms with Gasteiger partial charge in [0.25, 0.3) is 5.69 Å².